The van der Waals surface area contributed by atoms with Crippen molar-refractivity contribution in [1.29, 1.82) is 0 Å². The molecule has 1 atom stereocenters. The van der Waals surface area contributed by atoms with E-state index in [1.807, 2.05) is 30.3 Å². The first-order valence-corrected chi connectivity index (χ1v) is 8.72. The Bertz CT molecular complexity index is 717. The van der Waals surface area contributed by atoms with Crippen LogP contribution in [-0.2, 0) is 4.79 Å². The van der Waals surface area contributed by atoms with Crippen LogP contribution in [0.15, 0.2) is 54.6 Å². The van der Waals surface area contributed by atoms with Crippen molar-refractivity contribution < 1.29 is 9.59 Å². The normalized spacial score (nSPS) is 11.8. The summed E-state index contributed by atoms with van der Waals surface area (Å²) in [5.41, 5.74) is 1.42. The maximum Gasteiger partial charge on any atom is 0.253 e. The number of halogens is 1. The van der Waals surface area contributed by atoms with Crippen LogP contribution in [0.1, 0.15) is 42.2 Å². The Labute approximate surface area is 153 Å². The molecule has 2 aromatic carbocycles. The number of rotatable bonds is 7. The van der Waals surface area contributed by atoms with Crippen molar-refractivity contribution in [2.45, 2.75) is 26.3 Å². The Morgan fingerprint density at radius 3 is 2.28 bits per heavy atom. The Hall–Kier alpha value is -2.33. The van der Waals surface area contributed by atoms with E-state index in [2.05, 4.69) is 24.5 Å². The lowest BCUT2D eigenvalue weighted by Crippen LogP contribution is -2.39. The molecule has 0 heterocycles. The summed E-state index contributed by atoms with van der Waals surface area (Å²) in [4.78, 5) is 24.4. The molecule has 0 aliphatic carbocycles. The Balaban J connectivity index is 1.95. The molecule has 0 radical (unpaired) electrons. The van der Waals surface area contributed by atoms with Crippen LogP contribution in [0.2, 0.25) is 5.02 Å². The Morgan fingerprint density at radius 1 is 1.00 bits per heavy atom. The highest BCUT2D eigenvalue weighted by molar-refractivity contribution is 6.33. The summed E-state index contributed by atoms with van der Waals surface area (Å²) in [7, 11) is 0. The second kappa shape index (κ2) is 9.23. The fourth-order valence-corrected chi connectivity index (χ4v) is 2.80. The van der Waals surface area contributed by atoms with Crippen molar-refractivity contribution in [3.8, 4) is 0 Å². The molecular formula is C20H23ClN2O2. The first-order chi connectivity index (χ1) is 12.0. The lowest BCUT2D eigenvalue weighted by molar-refractivity contribution is -0.121. The van der Waals surface area contributed by atoms with Crippen molar-refractivity contribution in [3.05, 3.63) is 70.7 Å². The summed E-state index contributed by atoms with van der Waals surface area (Å²) in [6.45, 7) is 4.13. The zero-order valence-corrected chi connectivity index (χ0v) is 15.2. The van der Waals surface area contributed by atoms with Crippen LogP contribution in [-0.4, -0.2) is 18.4 Å². The second-order valence-electron chi connectivity index (χ2n) is 6.32. The van der Waals surface area contributed by atoms with Crippen LogP contribution in [0, 0.1) is 5.92 Å². The predicted octanol–water partition coefficient (Wildman–Crippen LogP) is 3.97. The van der Waals surface area contributed by atoms with Crippen LogP contribution in [0.25, 0.3) is 0 Å². The third kappa shape index (κ3) is 5.91. The Kier molecular flexibility index (Phi) is 7.02. The van der Waals surface area contributed by atoms with E-state index in [1.54, 1.807) is 24.3 Å². The minimum Gasteiger partial charge on any atom is -0.348 e. The van der Waals surface area contributed by atoms with Gasteiger partial charge in [0.2, 0.25) is 5.91 Å². The van der Waals surface area contributed by atoms with Crippen LogP contribution in [0.4, 0.5) is 0 Å². The molecule has 2 amide bonds. The molecule has 0 bridgehead atoms. The molecule has 2 rings (SSSR count). The standard InChI is InChI=1S/C20H23ClN2O2/c1-14(2)12-18(15-8-4-3-5-9-15)23-19(24)13-22-20(25)16-10-6-7-11-17(16)21/h3-11,14,18H,12-13H2,1-2H3,(H,22,25)(H,23,24). The zero-order valence-electron chi connectivity index (χ0n) is 14.5. The van der Waals surface area contributed by atoms with Gasteiger partial charge >= 0.3 is 0 Å². The molecule has 1 unspecified atom stereocenters. The van der Waals surface area contributed by atoms with E-state index in [9.17, 15) is 9.59 Å². The van der Waals surface area contributed by atoms with Gasteiger partial charge in [-0.25, -0.2) is 0 Å². The molecule has 0 aliphatic heterocycles. The van der Waals surface area contributed by atoms with Gasteiger partial charge in [-0.3, -0.25) is 9.59 Å². The van der Waals surface area contributed by atoms with Crippen molar-refractivity contribution in [3.63, 3.8) is 0 Å². The van der Waals surface area contributed by atoms with Gasteiger partial charge in [-0.05, 0) is 30.0 Å². The van der Waals surface area contributed by atoms with Crippen LogP contribution < -0.4 is 10.6 Å². The van der Waals surface area contributed by atoms with Gasteiger partial charge in [-0.1, -0.05) is 67.9 Å². The molecule has 0 saturated carbocycles. The van der Waals surface area contributed by atoms with E-state index in [-0.39, 0.29) is 24.4 Å². The van der Waals surface area contributed by atoms with Gasteiger partial charge in [0.05, 0.1) is 23.2 Å². The molecule has 2 aromatic rings. The average molecular weight is 359 g/mol. The second-order valence-corrected chi connectivity index (χ2v) is 6.73. The lowest BCUT2D eigenvalue weighted by atomic mass is 9.97. The molecule has 0 aromatic heterocycles. The highest BCUT2D eigenvalue weighted by Crippen LogP contribution is 2.21. The van der Waals surface area contributed by atoms with Gasteiger partial charge in [-0.15, -0.1) is 0 Å². The third-order valence-corrected chi connectivity index (χ3v) is 4.10. The monoisotopic (exact) mass is 358 g/mol. The van der Waals surface area contributed by atoms with E-state index in [0.29, 0.717) is 16.5 Å². The molecule has 4 nitrogen and oxygen atoms in total. The molecule has 0 saturated heterocycles. The number of benzene rings is 2. The molecular weight excluding hydrogens is 336 g/mol. The fourth-order valence-electron chi connectivity index (χ4n) is 2.58. The number of carbonyl (C=O) groups excluding carboxylic acids is 2. The Morgan fingerprint density at radius 2 is 1.64 bits per heavy atom. The van der Waals surface area contributed by atoms with Crippen LogP contribution in [0.3, 0.4) is 0 Å². The largest absolute Gasteiger partial charge is 0.348 e. The quantitative estimate of drug-likeness (QED) is 0.786. The van der Waals surface area contributed by atoms with Gasteiger partial charge in [0.25, 0.3) is 5.91 Å². The van der Waals surface area contributed by atoms with Crippen molar-refractivity contribution in [2.24, 2.45) is 5.92 Å². The SMILES string of the molecule is CC(C)CC(NC(=O)CNC(=O)c1ccccc1Cl)c1ccccc1. The van der Waals surface area contributed by atoms with E-state index >= 15 is 0 Å². The van der Waals surface area contributed by atoms with Gasteiger partial charge in [-0.2, -0.15) is 0 Å². The maximum absolute atomic E-state index is 12.3. The first kappa shape index (κ1) is 19.0. The van der Waals surface area contributed by atoms with Gasteiger partial charge in [0.15, 0.2) is 0 Å². The van der Waals surface area contributed by atoms with Gasteiger partial charge in [0.1, 0.15) is 0 Å². The number of nitrogens with one attached hydrogen (secondary N) is 2. The summed E-state index contributed by atoms with van der Waals surface area (Å²) in [5.74, 6) is -0.154. The van der Waals surface area contributed by atoms with Gasteiger partial charge in [0, 0.05) is 0 Å². The number of amides is 2. The zero-order chi connectivity index (χ0) is 18.2. The predicted molar refractivity (Wildman–Crippen MR) is 101 cm³/mol. The van der Waals surface area contributed by atoms with Crippen molar-refractivity contribution >= 4 is 23.4 Å². The van der Waals surface area contributed by atoms with E-state index < -0.39 is 0 Å². The molecule has 132 valence electrons. The van der Waals surface area contributed by atoms with Crippen LogP contribution >= 0.6 is 11.6 Å². The first-order valence-electron chi connectivity index (χ1n) is 8.34. The molecule has 0 aliphatic rings. The summed E-state index contributed by atoms with van der Waals surface area (Å²) < 4.78 is 0. The molecule has 0 fully saturated rings. The van der Waals surface area contributed by atoms with Crippen molar-refractivity contribution in [2.75, 3.05) is 6.54 Å². The third-order valence-electron chi connectivity index (χ3n) is 3.77. The van der Waals surface area contributed by atoms with Gasteiger partial charge < -0.3 is 10.6 Å². The smallest absolute Gasteiger partial charge is 0.253 e. The number of carbonyl (C=O) groups is 2. The highest BCUT2D eigenvalue weighted by Gasteiger charge is 2.17. The fraction of sp³-hybridized carbons (Fsp3) is 0.300. The summed E-state index contributed by atoms with van der Waals surface area (Å²) in [6, 6.07) is 16.5. The molecule has 5 heteroatoms. The molecule has 25 heavy (non-hydrogen) atoms. The summed E-state index contributed by atoms with van der Waals surface area (Å²) >= 11 is 5.99. The van der Waals surface area contributed by atoms with Crippen LogP contribution in [0.5, 0.6) is 0 Å². The van der Waals surface area contributed by atoms with E-state index in [1.165, 1.54) is 0 Å². The topological polar surface area (TPSA) is 58.2 Å². The number of hydrogen-bond donors (Lipinski definition) is 2. The molecule has 0 spiro atoms. The lowest BCUT2D eigenvalue weighted by Gasteiger charge is -2.21. The average Bonchev–Trinajstić information content (AvgIpc) is 2.60. The van der Waals surface area contributed by atoms with E-state index in [0.717, 1.165) is 12.0 Å². The van der Waals surface area contributed by atoms with E-state index in [4.69, 9.17) is 11.6 Å². The molecule has 2 N–H and O–H groups in total. The highest BCUT2D eigenvalue weighted by atomic mass is 35.5. The van der Waals surface area contributed by atoms with Crippen molar-refractivity contribution in [1.82, 2.24) is 10.6 Å². The number of hydrogen-bond acceptors (Lipinski definition) is 2. The summed E-state index contributed by atoms with van der Waals surface area (Å²) in [6.07, 6.45) is 0.828. The minimum atomic E-state index is -0.360. The maximum atomic E-state index is 12.3. The minimum absolute atomic E-state index is 0.0779. The summed E-state index contributed by atoms with van der Waals surface area (Å²) in [5, 5.41) is 5.98.